The van der Waals surface area contributed by atoms with Crippen molar-refractivity contribution in [2.45, 2.75) is 155 Å². The van der Waals surface area contributed by atoms with Crippen LogP contribution in [0.4, 0.5) is 0 Å². The topological polar surface area (TPSA) is 38.3 Å². The first-order valence-corrected chi connectivity index (χ1v) is 17.6. The average molecular weight is 614 g/mol. The average Bonchev–Trinajstić information content (AvgIpc) is 3.01. The Bertz CT molecular complexity index is 949. The minimum Gasteiger partial charge on any atom is -0.472 e. The number of ketones is 1. The highest BCUT2D eigenvalue weighted by Gasteiger charge is 2.33. The number of rotatable bonds is 26. The Morgan fingerprint density at radius 1 is 0.674 bits per heavy atom. The van der Waals surface area contributed by atoms with Crippen LogP contribution in [0.5, 0.6) is 5.75 Å². The van der Waals surface area contributed by atoms with Crippen molar-refractivity contribution in [3.8, 4) is 5.75 Å². The third-order valence-corrected chi connectivity index (χ3v) is 8.93. The number of para-hydroxylation sites is 1. The number of nitrogens with one attached hydrogen (secondary N) is 1. The summed E-state index contributed by atoms with van der Waals surface area (Å²) in [6, 6.07) is 17.3. The van der Waals surface area contributed by atoms with E-state index in [0.29, 0.717) is 22.8 Å². The first kappa shape index (κ1) is 39.2. The summed E-state index contributed by atoms with van der Waals surface area (Å²) in [5, 5.41) is 3.78. The molecule has 3 nitrogen and oxygen atoms in total. The lowest BCUT2D eigenvalue weighted by atomic mass is 9.91. The van der Waals surface area contributed by atoms with Gasteiger partial charge in [-0.15, -0.1) is 12.4 Å². The quantitative estimate of drug-likeness (QED) is 0.0651. The predicted octanol–water partition coefficient (Wildman–Crippen LogP) is 12.1. The number of halogens is 1. The van der Waals surface area contributed by atoms with E-state index in [1.54, 1.807) is 0 Å². The third kappa shape index (κ3) is 16.2. The van der Waals surface area contributed by atoms with Gasteiger partial charge in [0.15, 0.2) is 11.5 Å². The van der Waals surface area contributed by atoms with E-state index in [1.807, 2.05) is 54.6 Å². The summed E-state index contributed by atoms with van der Waals surface area (Å²) in [6.07, 6.45) is 25.3. The van der Waals surface area contributed by atoms with Crippen LogP contribution >= 0.6 is 12.4 Å². The van der Waals surface area contributed by atoms with Gasteiger partial charge in [0.1, 0.15) is 5.75 Å². The maximum atomic E-state index is 13.4. The Morgan fingerprint density at radius 3 is 1.70 bits per heavy atom. The zero-order valence-electron chi connectivity index (χ0n) is 28.1. The lowest BCUT2D eigenvalue weighted by Crippen LogP contribution is -2.53. The number of carbonyl (C=O) groups is 1. The van der Waals surface area contributed by atoms with Crippen LogP contribution < -0.4 is 10.1 Å². The molecule has 2 aromatic carbocycles. The second kappa shape index (κ2) is 24.5. The Labute approximate surface area is 271 Å². The fraction of sp³-hybridized carbons (Fsp3) is 0.667. The molecule has 2 atom stereocenters. The fourth-order valence-electron chi connectivity index (χ4n) is 5.84. The summed E-state index contributed by atoms with van der Waals surface area (Å²) in [5.41, 5.74) is 0.792. The van der Waals surface area contributed by atoms with Crippen LogP contribution in [0.2, 0.25) is 0 Å². The van der Waals surface area contributed by atoms with Gasteiger partial charge in [-0.2, -0.15) is 0 Å². The molecule has 0 radical (unpaired) electrons. The summed E-state index contributed by atoms with van der Waals surface area (Å²) < 4.78 is 6.78. The van der Waals surface area contributed by atoms with E-state index in [1.165, 1.54) is 109 Å². The molecule has 0 spiro atoms. The number of carbonyl (C=O) groups excluding carboxylic acids is 1. The van der Waals surface area contributed by atoms with Crippen molar-refractivity contribution < 1.29 is 9.53 Å². The minimum atomic E-state index is -0.532. The standard InChI is InChI=1S/C39H63NO2.ClH/c1-5-7-9-11-12-13-14-15-16-17-18-19-20-22-28-34(3)39(4,40-33-27-10-8-6-2)42-37-32-26-25-31-36(37)38(41)35-29-23-21-24-30-35;/h21,23-26,29-32,34,40H,5-20,22,27-28,33H2,1-4H3;1H. The van der Waals surface area contributed by atoms with Crippen molar-refractivity contribution in [2.75, 3.05) is 6.54 Å². The van der Waals surface area contributed by atoms with Crippen molar-refractivity contribution in [2.24, 2.45) is 5.92 Å². The highest BCUT2D eigenvalue weighted by Crippen LogP contribution is 2.31. The van der Waals surface area contributed by atoms with Gasteiger partial charge in [0.2, 0.25) is 0 Å². The number of hydrogen-bond donors (Lipinski definition) is 1. The largest absolute Gasteiger partial charge is 0.472 e. The van der Waals surface area contributed by atoms with Gasteiger partial charge in [-0.1, -0.05) is 172 Å². The first-order valence-electron chi connectivity index (χ1n) is 17.6. The van der Waals surface area contributed by atoms with Crippen molar-refractivity contribution in [1.82, 2.24) is 5.32 Å². The maximum absolute atomic E-state index is 13.4. The summed E-state index contributed by atoms with van der Waals surface area (Å²) in [6.45, 7) is 9.96. The van der Waals surface area contributed by atoms with Crippen LogP contribution in [0.3, 0.4) is 0 Å². The number of hydrogen-bond acceptors (Lipinski definition) is 3. The van der Waals surface area contributed by atoms with Crippen LogP contribution in [-0.4, -0.2) is 18.1 Å². The van der Waals surface area contributed by atoms with E-state index in [0.717, 1.165) is 19.4 Å². The van der Waals surface area contributed by atoms with E-state index in [4.69, 9.17) is 4.74 Å². The summed E-state index contributed by atoms with van der Waals surface area (Å²) in [7, 11) is 0. The minimum absolute atomic E-state index is 0. The fourth-order valence-corrected chi connectivity index (χ4v) is 5.84. The van der Waals surface area contributed by atoms with E-state index >= 15 is 0 Å². The third-order valence-electron chi connectivity index (χ3n) is 8.93. The van der Waals surface area contributed by atoms with Crippen LogP contribution in [0.25, 0.3) is 0 Å². The molecule has 0 saturated carbocycles. The van der Waals surface area contributed by atoms with Crippen molar-refractivity contribution in [3.63, 3.8) is 0 Å². The number of unbranched alkanes of at least 4 members (excludes halogenated alkanes) is 16. The highest BCUT2D eigenvalue weighted by molar-refractivity contribution is 6.10. The van der Waals surface area contributed by atoms with Gasteiger partial charge in [0, 0.05) is 11.5 Å². The Hall–Kier alpha value is -1.84. The van der Waals surface area contributed by atoms with Crippen LogP contribution in [0, 0.1) is 5.92 Å². The maximum Gasteiger partial charge on any atom is 0.196 e. The molecular formula is C39H64ClNO2. The molecule has 1 N–H and O–H groups in total. The molecule has 2 unspecified atom stereocenters. The molecule has 0 aromatic heterocycles. The molecule has 0 heterocycles. The number of benzene rings is 2. The first-order chi connectivity index (χ1) is 20.5. The summed E-state index contributed by atoms with van der Waals surface area (Å²) in [5.74, 6) is 1.000. The molecular weight excluding hydrogens is 550 g/mol. The molecule has 0 bridgehead atoms. The van der Waals surface area contributed by atoms with Crippen molar-refractivity contribution in [1.29, 1.82) is 0 Å². The molecule has 244 valence electrons. The van der Waals surface area contributed by atoms with E-state index < -0.39 is 5.72 Å². The van der Waals surface area contributed by atoms with E-state index in [-0.39, 0.29) is 18.2 Å². The molecule has 0 aliphatic carbocycles. The normalized spacial score (nSPS) is 13.2. The second-order valence-electron chi connectivity index (χ2n) is 12.7. The van der Waals surface area contributed by atoms with Crippen LogP contribution in [-0.2, 0) is 0 Å². The molecule has 43 heavy (non-hydrogen) atoms. The van der Waals surface area contributed by atoms with Gasteiger partial charge in [-0.05, 0) is 38.4 Å². The zero-order chi connectivity index (χ0) is 30.3. The SMILES string of the molecule is CCCCCCCCCCCCCCCCC(C)C(C)(NCCCCCC)Oc1ccccc1C(=O)c1ccccc1.Cl. The lowest BCUT2D eigenvalue weighted by Gasteiger charge is -2.38. The Kier molecular flexibility index (Phi) is 22.3. The van der Waals surface area contributed by atoms with E-state index in [2.05, 4.69) is 33.0 Å². The summed E-state index contributed by atoms with van der Waals surface area (Å²) >= 11 is 0. The van der Waals surface area contributed by atoms with Crippen LogP contribution in [0.1, 0.15) is 166 Å². The predicted molar refractivity (Wildman–Crippen MR) is 189 cm³/mol. The molecule has 0 fully saturated rings. The van der Waals surface area contributed by atoms with Gasteiger partial charge in [-0.25, -0.2) is 0 Å². The number of ether oxygens (including phenoxy) is 1. The Balaban J connectivity index is 0.00000924. The molecule has 0 amide bonds. The molecule has 0 saturated heterocycles. The summed E-state index contributed by atoms with van der Waals surface area (Å²) in [4.78, 5) is 13.4. The molecule has 0 aliphatic rings. The molecule has 2 rings (SSSR count). The van der Waals surface area contributed by atoms with Crippen LogP contribution in [0.15, 0.2) is 54.6 Å². The molecule has 4 heteroatoms. The highest BCUT2D eigenvalue weighted by atomic mass is 35.5. The molecule has 0 aliphatic heterocycles. The van der Waals surface area contributed by atoms with Gasteiger partial charge in [0.05, 0.1) is 5.56 Å². The van der Waals surface area contributed by atoms with Gasteiger partial charge < -0.3 is 4.74 Å². The van der Waals surface area contributed by atoms with Crippen molar-refractivity contribution in [3.05, 3.63) is 65.7 Å². The monoisotopic (exact) mass is 613 g/mol. The van der Waals surface area contributed by atoms with Gasteiger partial charge >= 0.3 is 0 Å². The smallest absolute Gasteiger partial charge is 0.196 e. The second-order valence-corrected chi connectivity index (χ2v) is 12.7. The van der Waals surface area contributed by atoms with Gasteiger partial charge in [0.25, 0.3) is 0 Å². The zero-order valence-corrected chi connectivity index (χ0v) is 29.0. The van der Waals surface area contributed by atoms with Gasteiger partial charge in [-0.3, -0.25) is 10.1 Å². The Morgan fingerprint density at radius 2 is 1.14 bits per heavy atom. The van der Waals surface area contributed by atoms with E-state index in [9.17, 15) is 4.79 Å². The molecule has 2 aromatic rings. The lowest BCUT2D eigenvalue weighted by molar-refractivity contribution is -0.00524. The van der Waals surface area contributed by atoms with Crippen molar-refractivity contribution >= 4 is 18.2 Å².